The van der Waals surface area contributed by atoms with Crippen molar-refractivity contribution in [3.8, 4) is 0 Å². The molecule has 0 aliphatic carbocycles. The number of aromatic nitrogens is 1. The molecule has 0 spiro atoms. The van der Waals surface area contributed by atoms with Crippen LogP contribution in [0.25, 0.3) is 0 Å². The molecule has 2 aromatic rings. The molecule has 0 bridgehead atoms. The van der Waals surface area contributed by atoms with Gasteiger partial charge < -0.3 is 5.32 Å². The molecule has 0 aliphatic rings. The van der Waals surface area contributed by atoms with Gasteiger partial charge in [-0.2, -0.15) is 0 Å². The number of benzene rings is 1. The van der Waals surface area contributed by atoms with E-state index in [0.717, 1.165) is 16.2 Å². The molecule has 0 atom stereocenters. The Hall–Kier alpha value is -1.33. The third-order valence-corrected chi connectivity index (χ3v) is 3.29. The Morgan fingerprint density at radius 3 is 3.06 bits per heavy atom. The molecule has 0 radical (unpaired) electrons. The van der Waals surface area contributed by atoms with Gasteiger partial charge in [0.1, 0.15) is 0 Å². The second kappa shape index (κ2) is 5.33. The number of nitrogens with one attached hydrogen (secondary N) is 1. The Morgan fingerprint density at radius 2 is 2.35 bits per heavy atom. The smallest absolute Gasteiger partial charge is 0.251 e. The van der Waals surface area contributed by atoms with E-state index in [1.165, 1.54) is 11.3 Å². The fourth-order valence-electron chi connectivity index (χ4n) is 1.45. The molecule has 5 heteroatoms. The Balaban J connectivity index is 2.07. The van der Waals surface area contributed by atoms with Gasteiger partial charge in [-0.05, 0) is 24.6 Å². The van der Waals surface area contributed by atoms with Gasteiger partial charge >= 0.3 is 0 Å². The van der Waals surface area contributed by atoms with Crippen LogP contribution in [0.1, 0.15) is 21.6 Å². The summed E-state index contributed by atoms with van der Waals surface area (Å²) in [5.41, 5.74) is 4.23. The molecule has 17 heavy (non-hydrogen) atoms. The van der Waals surface area contributed by atoms with Gasteiger partial charge in [-0.15, -0.1) is 24.0 Å². The second-order valence-electron chi connectivity index (χ2n) is 3.66. The summed E-state index contributed by atoms with van der Waals surface area (Å²) in [6.07, 6.45) is 0. The van der Waals surface area contributed by atoms with Crippen LogP contribution in [0.15, 0.2) is 34.0 Å². The molecular formula is C12H12N2OS2. The Kier molecular flexibility index (Phi) is 3.81. The lowest BCUT2D eigenvalue weighted by molar-refractivity contribution is 0.0949. The van der Waals surface area contributed by atoms with Crippen LogP contribution in [0, 0.1) is 6.92 Å². The Morgan fingerprint density at radius 1 is 1.53 bits per heavy atom. The fourth-order valence-corrected chi connectivity index (χ4v) is 2.21. The minimum absolute atomic E-state index is 0.0913. The summed E-state index contributed by atoms with van der Waals surface area (Å²) in [6.45, 7) is 2.36. The topological polar surface area (TPSA) is 42.0 Å². The van der Waals surface area contributed by atoms with Crippen molar-refractivity contribution < 1.29 is 4.79 Å². The first-order chi connectivity index (χ1) is 8.16. The van der Waals surface area contributed by atoms with Crippen LogP contribution in [-0.4, -0.2) is 10.9 Å². The van der Waals surface area contributed by atoms with E-state index in [0.29, 0.717) is 12.1 Å². The normalized spacial score (nSPS) is 10.2. The lowest BCUT2D eigenvalue weighted by atomic mass is 10.1. The van der Waals surface area contributed by atoms with Crippen LogP contribution < -0.4 is 5.32 Å². The highest BCUT2D eigenvalue weighted by Gasteiger charge is 2.09. The van der Waals surface area contributed by atoms with E-state index >= 15 is 0 Å². The lowest BCUT2D eigenvalue weighted by Crippen LogP contribution is -2.23. The van der Waals surface area contributed by atoms with Crippen LogP contribution in [0.4, 0.5) is 0 Å². The summed E-state index contributed by atoms with van der Waals surface area (Å²) in [7, 11) is 0. The highest BCUT2D eigenvalue weighted by Crippen LogP contribution is 2.14. The average Bonchev–Trinajstić information content (AvgIpc) is 2.82. The number of carbonyl (C=O) groups excluding carboxylic acids is 1. The van der Waals surface area contributed by atoms with Gasteiger partial charge in [-0.1, -0.05) is 6.07 Å². The predicted molar refractivity (Wildman–Crippen MR) is 71.7 cm³/mol. The van der Waals surface area contributed by atoms with Crippen molar-refractivity contribution in [2.24, 2.45) is 0 Å². The molecule has 1 aromatic heterocycles. The summed E-state index contributed by atoms with van der Waals surface area (Å²) in [5.74, 6) is -0.0913. The van der Waals surface area contributed by atoms with Crippen molar-refractivity contribution in [1.29, 1.82) is 0 Å². The third kappa shape index (κ3) is 3.08. The number of amides is 1. The summed E-state index contributed by atoms with van der Waals surface area (Å²) in [5, 5.41) is 4.76. The number of carbonyl (C=O) groups is 1. The van der Waals surface area contributed by atoms with Crippen molar-refractivity contribution in [2.45, 2.75) is 18.4 Å². The van der Waals surface area contributed by atoms with Crippen molar-refractivity contribution in [3.05, 3.63) is 45.9 Å². The van der Waals surface area contributed by atoms with Crippen LogP contribution in [-0.2, 0) is 6.54 Å². The maximum Gasteiger partial charge on any atom is 0.251 e. The van der Waals surface area contributed by atoms with E-state index in [1.807, 2.05) is 24.4 Å². The van der Waals surface area contributed by atoms with E-state index in [9.17, 15) is 4.79 Å². The minimum atomic E-state index is -0.0913. The molecule has 0 aliphatic heterocycles. The first-order valence-electron chi connectivity index (χ1n) is 5.11. The molecule has 3 nitrogen and oxygen atoms in total. The molecule has 0 saturated carbocycles. The van der Waals surface area contributed by atoms with Gasteiger partial charge in [0, 0.05) is 15.8 Å². The predicted octanol–water partition coefficient (Wildman–Crippen LogP) is 2.67. The fraction of sp³-hybridized carbons (Fsp3) is 0.167. The van der Waals surface area contributed by atoms with Crippen LogP contribution in [0.3, 0.4) is 0 Å². The number of rotatable bonds is 3. The van der Waals surface area contributed by atoms with Crippen LogP contribution in [0.5, 0.6) is 0 Å². The highest BCUT2D eigenvalue weighted by atomic mass is 32.1. The summed E-state index contributed by atoms with van der Waals surface area (Å²) < 4.78 is 0. The van der Waals surface area contributed by atoms with Gasteiger partial charge in [0.2, 0.25) is 0 Å². The van der Waals surface area contributed by atoms with Gasteiger partial charge in [-0.3, -0.25) is 4.79 Å². The van der Waals surface area contributed by atoms with Crippen LogP contribution >= 0.6 is 24.0 Å². The lowest BCUT2D eigenvalue weighted by Gasteiger charge is -2.07. The maximum absolute atomic E-state index is 11.9. The van der Waals surface area contributed by atoms with Crippen molar-refractivity contribution >= 4 is 29.9 Å². The molecule has 0 saturated heterocycles. The monoisotopic (exact) mass is 264 g/mol. The van der Waals surface area contributed by atoms with Crippen molar-refractivity contribution in [1.82, 2.24) is 10.3 Å². The summed E-state index contributed by atoms with van der Waals surface area (Å²) in [4.78, 5) is 16.8. The van der Waals surface area contributed by atoms with Gasteiger partial charge in [0.05, 0.1) is 17.7 Å². The van der Waals surface area contributed by atoms with E-state index in [1.54, 1.807) is 11.6 Å². The van der Waals surface area contributed by atoms with E-state index in [2.05, 4.69) is 22.9 Å². The van der Waals surface area contributed by atoms with Gasteiger partial charge in [0.15, 0.2) is 0 Å². The maximum atomic E-state index is 11.9. The van der Waals surface area contributed by atoms with Gasteiger partial charge in [0.25, 0.3) is 5.91 Å². The number of hydrogen-bond acceptors (Lipinski definition) is 4. The molecule has 88 valence electrons. The second-order valence-corrected chi connectivity index (χ2v) is 4.90. The number of thiazole rings is 1. The standard InChI is InChI=1S/C12H12N2OS2/c1-8-2-3-10(16)4-11(8)12(15)13-5-9-6-17-7-14-9/h2-4,6-7,16H,5H2,1H3,(H,13,15). The largest absolute Gasteiger partial charge is 0.346 e. The SMILES string of the molecule is Cc1ccc(S)cc1C(=O)NCc1cscn1. The molecule has 0 fully saturated rings. The number of hydrogen-bond donors (Lipinski definition) is 2. The van der Waals surface area contributed by atoms with E-state index in [-0.39, 0.29) is 5.91 Å². The zero-order valence-corrected chi connectivity index (χ0v) is 11.0. The summed E-state index contributed by atoms with van der Waals surface area (Å²) >= 11 is 5.75. The minimum Gasteiger partial charge on any atom is -0.346 e. The Bertz CT molecular complexity index is 523. The molecular weight excluding hydrogens is 252 g/mol. The molecule has 1 amide bonds. The molecule has 0 unspecified atom stereocenters. The van der Waals surface area contributed by atoms with Crippen molar-refractivity contribution in [2.75, 3.05) is 0 Å². The van der Waals surface area contributed by atoms with E-state index in [4.69, 9.17) is 0 Å². The number of nitrogens with zero attached hydrogens (tertiary/aromatic N) is 1. The first kappa shape index (κ1) is 12.1. The Labute approximate surface area is 109 Å². The summed E-state index contributed by atoms with van der Waals surface area (Å²) in [6, 6.07) is 5.53. The van der Waals surface area contributed by atoms with E-state index < -0.39 is 0 Å². The average molecular weight is 264 g/mol. The molecule has 1 heterocycles. The molecule has 2 rings (SSSR count). The molecule has 1 aromatic carbocycles. The zero-order chi connectivity index (χ0) is 12.3. The quantitative estimate of drug-likeness (QED) is 0.837. The van der Waals surface area contributed by atoms with Crippen LogP contribution in [0.2, 0.25) is 0 Å². The highest BCUT2D eigenvalue weighted by molar-refractivity contribution is 7.80. The number of thiol groups is 1. The zero-order valence-electron chi connectivity index (χ0n) is 9.30. The first-order valence-corrected chi connectivity index (χ1v) is 6.50. The third-order valence-electron chi connectivity index (χ3n) is 2.38. The van der Waals surface area contributed by atoms with Gasteiger partial charge in [-0.25, -0.2) is 4.98 Å². The molecule has 1 N–H and O–H groups in total. The van der Waals surface area contributed by atoms with Crippen molar-refractivity contribution in [3.63, 3.8) is 0 Å². The number of aryl methyl sites for hydroxylation is 1.